The van der Waals surface area contributed by atoms with Gasteiger partial charge in [0.05, 0.1) is 5.75 Å². The number of anilines is 1. The molecule has 29 heavy (non-hydrogen) atoms. The summed E-state index contributed by atoms with van der Waals surface area (Å²) < 4.78 is 0. The van der Waals surface area contributed by atoms with Crippen LogP contribution in [0.3, 0.4) is 0 Å². The molecule has 4 rings (SSSR count). The van der Waals surface area contributed by atoms with Gasteiger partial charge in [-0.1, -0.05) is 50.8 Å². The number of amides is 1. The quantitative estimate of drug-likeness (QED) is 0.419. The molecule has 0 fully saturated rings. The van der Waals surface area contributed by atoms with Gasteiger partial charge in [0.25, 0.3) is 0 Å². The van der Waals surface area contributed by atoms with E-state index in [4.69, 9.17) is 9.97 Å². The summed E-state index contributed by atoms with van der Waals surface area (Å²) in [6.07, 6.45) is 4.22. The minimum absolute atomic E-state index is 0.0793. The standard InChI is InChI=1S/C20H25N5OS3/c1-5-15-24-25-20(29-15)21-14(26)9-27-18-16-12-7-6-11(4)8-13(12)28-19(16)23-17(22-18)10(2)3/h10-11H,5-9H2,1-4H3,(H,21,25,26)/t11-/m1/s1. The summed E-state index contributed by atoms with van der Waals surface area (Å²) >= 11 is 4.73. The summed E-state index contributed by atoms with van der Waals surface area (Å²) in [5.41, 5.74) is 1.40. The summed E-state index contributed by atoms with van der Waals surface area (Å²) in [5, 5.41) is 14.5. The highest BCUT2D eigenvalue weighted by molar-refractivity contribution is 8.00. The predicted molar refractivity (Wildman–Crippen MR) is 121 cm³/mol. The van der Waals surface area contributed by atoms with E-state index in [1.807, 2.05) is 18.3 Å². The first-order valence-corrected chi connectivity index (χ1v) is 12.6. The van der Waals surface area contributed by atoms with Crippen LogP contribution in [0.2, 0.25) is 0 Å². The van der Waals surface area contributed by atoms with Crippen LogP contribution in [0.15, 0.2) is 5.03 Å². The van der Waals surface area contributed by atoms with Crippen LogP contribution in [0.4, 0.5) is 5.13 Å². The molecule has 0 unspecified atom stereocenters. The van der Waals surface area contributed by atoms with E-state index in [1.54, 1.807) is 0 Å². The van der Waals surface area contributed by atoms with Crippen LogP contribution in [0.1, 0.15) is 61.3 Å². The van der Waals surface area contributed by atoms with Crippen molar-refractivity contribution in [3.05, 3.63) is 21.3 Å². The first-order valence-electron chi connectivity index (χ1n) is 10.0. The van der Waals surface area contributed by atoms with E-state index in [2.05, 4.69) is 36.3 Å². The zero-order valence-corrected chi connectivity index (χ0v) is 19.6. The Labute approximate surface area is 183 Å². The van der Waals surface area contributed by atoms with Gasteiger partial charge in [0, 0.05) is 16.2 Å². The summed E-state index contributed by atoms with van der Waals surface area (Å²) in [4.78, 5) is 24.7. The number of thiophene rings is 1. The van der Waals surface area contributed by atoms with E-state index >= 15 is 0 Å². The van der Waals surface area contributed by atoms with Gasteiger partial charge in [0.1, 0.15) is 20.7 Å². The van der Waals surface area contributed by atoms with Gasteiger partial charge in [0.2, 0.25) is 11.0 Å². The number of rotatable bonds is 6. The number of thioether (sulfide) groups is 1. The average molecular weight is 448 g/mol. The lowest BCUT2D eigenvalue weighted by Gasteiger charge is -2.18. The van der Waals surface area contributed by atoms with E-state index in [-0.39, 0.29) is 11.8 Å². The minimum Gasteiger partial charge on any atom is -0.300 e. The van der Waals surface area contributed by atoms with Crippen molar-refractivity contribution in [1.29, 1.82) is 0 Å². The number of fused-ring (bicyclic) bond motifs is 3. The molecule has 0 aromatic carbocycles. The van der Waals surface area contributed by atoms with Crippen molar-refractivity contribution in [2.75, 3.05) is 11.1 Å². The molecule has 1 aliphatic carbocycles. The fraction of sp³-hybridized carbons (Fsp3) is 0.550. The Hall–Kier alpha value is -1.58. The molecule has 1 aliphatic rings. The third-order valence-electron chi connectivity index (χ3n) is 5.01. The molecule has 6 nitrogen and oxygen atoms in total. The van der Waals surface area contributed by atoms with E-state index in [1.165, 1.54) is 45.3 Å². The smallest absolute Gasteiger partial charge is 0.236 e. The fourth-order valence-electron chi connectivity index (χ4n) is 3.42. The summed E-state index contributed by atoms with van der Waals surface area (Å²) in [6, 6.07) is 0. The van der Waals surface area contributed by atoms with Gasteiger partial charge in [-0.05, 0) is 37.2 Å². The zero-order chi connectivity index (χ0) is 20.5. The molecule has 3 aromatic rings. The number of carbonyl (C=O) groups excluding carboxylic acids is 1. The molecule has 1 atom stereocenters. The van der Waals surface area contributed by atoms with Crippen molar-refractivity contribution in [1.82, 2.24) is 20.2 Å². The van der Waals surface area contributed by atoms with Crippen LogP contribution in [-0.4, -0.2) is 31.8 Å². The third kappa shape index (κ3) is 4.46. The van der Waals surface area contributed by atoms with Crippen LogP contribution in [0.25, 0.3) is 10.2 Å². The molecule has 0 radical (unpaired) electrons. The SMILES string of the molecule is CCc1nnc(NC(=O)CSc2nc(C(C)C)nc3sc4c(c23)CC[C@@H](C)C4)s1. The van der Waals surface area contributed by atoms with E-state index in [0.29, 0.717) is 10.9 Å². The molecule has 1 amide bonds. The highest BCUT2D eigenvalue weighted by Crippen LogP contribution is 2.41. The van der Waals surface area contributed by atoms with E-state index in [0.717, 1.165) is 45.9 Å². The lowest BCUT2D eigenvalue weighted by Crippen LogP contribution is -2.14. The normalized spacial score (nSPS) is 16.4. The van der Waals surface area contributed by atoms with Gasteiger partial charge < -0.3 is 0 Å². The second-order valence-corrected chi connectivity index (χ2v) is 10.9. The van der Waals surface area contributed by atoms with Gasteiger partial charge in [0.15, 0.2) is 0 Å². The number of aryl methyl sites for hydroxylation is 2. The second kappa shape index (κ2) is 8.65. The Morgan fingerprint density at radius 3 is 2.83 bits per heavy atom. The van der Waals surface area contributed by atoms with E-state index < -0.39 is 0 Å². The summed E-state index contributed by atoms with van der Waals surface area (Å²) in [6.45, 7) is 8.56. The molecule has 3 aromatic heterocycles. The molecule has 0 bridgehead atoms. The van der Waals surface area contributed by atoms with Gasteiger partial charge in [-0.15, -0.1) is 21.5 Å². The predicted octanol–water partition coefficient (Wildman–Crippen LogP) is 5.08. The Bertz CT molecular complexity index is 1040. The molecular formula is C20H25N5OS3. The molecule has 3 heterocycles. The van der Waals surface area contributed by atoms with Crippen molar-refractivity contribution in [3.8, 4) is 0 Å². The van der Waals surface area contributed by atoms with Crippen LogP contribution >= 0.6 is 34.4 Å². The van der Waals surface area contributed by atoms with Crippen molar-refractivity contribution < 1.29 is 4.79 Å². The van der Waals surface area contributed by atoms with Gasteiger partial charge >= 0.3 is 0 Å². The number of nitrogens with one attached hydrogen (secondary N) is 1. The Kier molecular flexibility index (Phi) is 6.17. The fourth-order valence-corrected chi connectivity index (χ4v) is 6.44. The minimum atomic E-state index is -0.0793. The molecule has 0 saturated heterocycles. The maximum Gasteiger partial charge on any atom is 0.236 e. The van der Waals surface area contributed by atoms with Crippen LogP contribution in [0, 0.1) is 5.92 Å². The second-order valence-electron chi connectivity index (χ2n) is 7.76. The van der Waals surface area contributed by atoms with Gasteiger partial charge in [-0.25, -0.2) is 9.97 Å². The largest absolute Gasteiger partial charge is 0.300 e. The molecule has 9 heteroatoms. The number of carbonyl (C=O) groups is 1. The topological polar surface area (TPSA) is 80.7 Å². The molecule has 154 valence electrons. The first-order chi connectivity index (χ1) is 13.9. The van der Waals surface area contributed by atoms with Crippen LogP contribution in [-0.2, 0) is 24.1 Å². The van der Waals surface area contributed by atoms with Crippen molar-refractivity contribution in [3.63, 3.8) is 0 Å². The number of nitrogens with zero attached hydrogens (tertiary/aromatic N) is 4. The van der Waals surface area contributed by atoms with Crippen LogP contribution < -0.4 is 5.32 Å². The monoisotopic (exact) mass is 447 g/mol. The number of aromatic nitrogens is 4. The van der Waals surface area contributed by atoms with Gasteiger partial charge in [-0.3, -0.25) is 10.1 Å². The Morgan fingerprint density at radius 2 is 2.10 bits per heavy atom. The van der Waals surface area contributed by atoms with Crippen molar-refractivity contribution in [2.24, 2.45) is 5.92 Å². The first kappa shape index (κ1) is 20.7. The highest BCUT2D eigenvalue weighted by atomic mass is 32.2. The average Bonchev–Trinajstić information content (AvgIpc) is 3.29. The number of hydrogen-bond acceptors (Lipinski definition) is 8. The Morgan fingerprint density at radius 1 is 1.28 bits per heavy atom. The highest BCUT2D eigenvalue weighted by Gasteiger charge is 2.25. The molecular weight excluding hydrogens is 422 g/mol. The lowest BCUT2D eigenvalue weighted by molar-refractivity contribution is -0.113. The van der Waals surface area contributed by atoms with Crippen molar-refractivity contribution >= 4 is 55.7 Å². The van der Waals surface area contributed by atoms with E-state index in [9.17, 15) is 4.79 Å². The zero-order valence-electron chi connectivity index (χ0n) is 17.1. The molecule has 0 saturated carbocycles. The third-order valence-corrected chi connectivity index (χ3v) is 8.12. The summed E-state index contributed by atoms with van der Waals surface area (Å²) in [5.74, 6) is 2.04. The molecule has 0 aliphatic heterocycles. The van der Waals surface area contributed by atoms with Crippen LogP contribution in [0.5, 0.6) is 0 Å². The maximum absolute atomic E-state index is 12.5. The lowest BCUT2D eigenvalue weighted by atomic mass is 9.89. The molecule has 1 N–H and O–H groups in total. The summed E-state index contributed by atoms with van der Waals surface area (Å²) in [7, 11) is 0. The molecule has 0 spiro atoms. The van der Waals surface area contributed by atoms with Crippen molar-refractivity contribution in [2.45, 2.75) is 64.3 Å². The Balaban J connectivity index is 1.59. The maximum atomic E-state index is 12.5. The number of hydrogen-bond donors (Lipinski definition) is 1. The van der Waals surface area contributed by atoms with Gasteiger partial charge in [-0.2, -0.15) is 0 Å².